The average molecular weight is 281 g/mol. The number of rotatable bonds is 4. The van der Waals surface area contributed by atoms with Crippen molar-refractivity contribution in [2.45, 2.75) is 19.6 Å². The van der Waals surface area contributed by atoms with Crippen molar-refractivity contribution in [3.05, 3.63) is 64.4 Å². The largest absolute Gasteiger partial charge is 0.488 e. The van der Waals surface area contributed by atoms with Gasteiger partial charge in [0, 0.05) is 16.7 Å². The Bertz CT molecular complexity index is 570. The first-order valence-corrected chi connectivity index (χ1v) is 6.29. The van der Waals surface area contributed by atoms with Gasteiger partial charge in [0.05, 0.1) is 6.10 Å². The lowest BCUT2D eigenvalue weighted by molar-refractivity contribution is 0.190. The number of hydrogen-bond acceptors (Lipinski definition) is 2. The minimum Gasteiger partial charge on any atom is -0.488 e. The van der Waals surface area contributed by atoms with E-state index in [4.69, 9.17) is 16.3 Å². The molecule has 2 aromatic rings. The Morgan fingerprint density at radius 2 is 2.05 bits per heavy atom. The fourth-order valence-corrected chi connectivity index (χ4v) is 1.98. The standard InChI is InChI=1S/C15H14ClFO2/c1-10(18)14-6-5-13(17)8-15(14)19-9-11-3-2-4-12(16)7-11/h2-8,10,18H,9H2,1H3. The van der Waals surface area contributed by atoms with Crippen LogP contribution in [-0.4, -0.2) is 5.11 Å². The maximum absolute atomic E-state index is 13.2. The molecule has 0 heterocycles. The summed E-state index contributed by atoms with van der Waals surface area (Å²) in [6.07, 6.45) is -0.713. The molecule has 19 heavy (non-hydrogen) atoms. The summed E-state index contributed by atoms with van der Waals surface area (Å²) in [7, 11) is 0. The van der Waals surface area contributed by atoms with Gasteiger partial charge in [-0.15, -0.1) is 0 Å². The van der Waals surface area contributed by atoms with Gasteiger partial charge in [0.15, 0.2) is 0 Å². The van der Waals surface area contributed by atoms with Crippen LogP contribution in [0.5, 0.6) is 5.75 Å². The highest BCUT2D eigenvalue weighted by atomic mass is 35.5. The van der Waals surface area contributed by atoms with E-state index in [1.807, 2.05) is 12.1 Å². The Kier molecular flexibility index (Phi) is 4.40. The van der Waals surface area contributed by atoms with Crippen molar-refractivity contribution in [2.24, 2.45) is 0 Å². The number of aliphatic hydroxyl groups excluding tert-OH is 1. The van der Waals surface area contributed by atoms with Crippen molar-refractivity contribution in [1.82, 2.24) is 0 Å². The second kappa shape index (κ2) is 6.04. The van der Waals surface area contributed by atoms with Crippen molar-refractivity contribution in [3.63, 3.8) is 0 Å². The van der Waals surface area contributed by atoms with Gasteiger partial charge in [-0.05, 0) is 36.8 Å². The van der Waals surface area contributed by atoms with Crippen LogP contribution in [0.2, 0.25) is 5.02 Å². The Morgan fingerprint density at radius 1 is 1.26 bits per heavy atom. The molecule has 2 aromatic carbocycles. The van der Waals surface area contributed by atoms with Crippen LogP contribution >= 0.6 is 11.6 Å². The van der Waals surface area contributed by atoms with Gasteiger partial charge >= 0.3 is 0 Å². The molecule has 2 nitrogen and oxygen atoms in total. The fraction of sp³-hybridized carbons (Fsp3) is 0.200. The summed E-state index contributed by atoms with van der Waals surface area (Å²) >= 11 is 5.88. The van der Waals surface area contributed by atoms with Crippen LogP contribution < -0.4 is 4.74 Å². The fourth-order valence-electron chi connectivity index (χ4n) is 1.77. The van der Waals surface area contributed by atoms with Crippen LogP contribution in [0, 0.1) is 5.82 Å². The topological polar surface area (TPSA) is 29.5 Å². The van der Waals surface area contributed by atoms with E-state index in [2.05, 4.69) is 0 Å². The maximum Gasteiger partial charge on any atom is 0.128 e. The summed E-state index contributed by atoms with van der Waals surface area (Å²) in [6, 6.07) is 11.3. The minimum atomic E-state index is -0.713. The molecule has 0 radical (unpaired) electrons. The van der Waals surface area contributed by atoms with Crippen molar-refractivity contribution >= 4 is 11.6 Å². The molecule has 0 aliphatic carbocycles. The van der Waals surface area contributed by atoms with E-state index in [0.717, 1.165) is 5.56 Å². The number of aliphatic hydroxyl groups is 1. The Labute approximate surface area is 116 Å². The highest BCUT2D eigenvalue weighted by Crippen LogP contribution is 2.27. The normalized spacial score (nSPS) is 12.2. The van der Waals surface area contributed by atoms with Gasteiger partial charge in [0.25, 0.3) is 0 Å². The van der Waals surface area contributed by atoms with Gasteiger partial charge in [-0.1, -0.05) is 23.7 Å². The lowest BCUT2D eigenvalue weighted by atomic mass is 10.1. The number of hydrogen-bond donors (Lipinski definition) is 1. The maximum atomic E-state index is 13.2. The second-order valence-corrected chi connectivity index (χ2v) is 4.71. The Morgan fingerprint density at radius 3 is 2.74 bits per heavy atom. The monoisotopic (exact) mass is 280 g/mol. The molecule has 0 bridgehead atoms. The molecular formula is C15H14ClFO2. The third-order valence-corrected chi connectivity index (χ3v) is 2.94. The van der Waals surface area contributed by atoms with Gasteiger partial charge in [-0.3, -0.25) is 0 Å². The minimum absolute atomic E-state index is 0.268. The van der Waals surface area contributed by atoms with Gasteiger partial charge < -0.3 is 9.84 Å². The zero-order valence-electron chi connectivity index (χ0n) is 10.4. The molecule has 0 aliphatic rings. The molecule has 2 rings (SSSR count). The van der Waals surface area contributed by atoms with Crippen LogP contribution in [0.15, 0.2) is 42.5 Å². The molecular weight excluding hydrogens is 267 g/mol. The van der Waals surface area contributed by atoms with E-state index in [1.165, 1.54) is 18.2 Å². The average Bonchev–Trinajstić information content (AvgIpc) is 2.36. The molecule has 0 amide bonds. The summed E-state index contributed by atoms with van der Waals surface area (Å²) < 4.78 is 18.8. The Hall–Kier alpha value is -1.58. The predicted octanol–water partition coefficient (Wildman–Crippen LogP) is 4.11. The van der Waals surface area contributed by atoms with Gasteiger partial charge in [0.1, 0.15) is 18.2 Å². The predicted molar refractivity (Wildman–Crippen MR) is 72.8 cm³/mol. The first-order valence-electron chi connectivity index (χ1n) is 5.91. The first-order chi connectivity index (χ1) is 9.06. The highest BCUT2D eigenvalue weighted by Gasteiger charge is 2.10. The lowest BCUT2D eigenvalue weighted by Gasteiger charge is -2.13. The highest BCUT2D eigenvalue weighted by molar-refractivity contribution is 6.30. The molecule has 100 valence electrons. The van der Waals surface area contributed by atoms with Crippen LogP contribution in [0.4, 0.5) is 4.39 Å². The van der Waals surface area contributed by atoms with E-state index < -0.39 is 11.9 Å². The zero-order valence-corrected chi connectivity index (χ0v) is 11.2. The first kappa shape index (κ1) is 13.8. The van der Waals surface area contributed by atoms with Crippen LogP contribution in [0.25, 0.3) is 0 Å². The molecule has 0 spiro atoms. The molecule has 0 aliphatic heterocycles. The summed E-state index contributed by atoms with van der Waals surface area (Å²) in [5.74, 6) is -0.0551. The molecule has 1 unspecified atom stereocenters. The van der Waals surface area contributed by atoms with Crippen molar-refractivity contribution in [3.8, 4) is 5.75 Å². The van der Waals surface area contributed by atoms with Gasteiger partial charge in [0.2, 0.25) is 0 Å². The smallest absolute Gasteiger partial charge is 0.128 e. The zero-order chi connectivity index (χ0) is 13.8. The summed E-state index contributed by atoms with van der Waals surface area (Å²) in [5, 5.41) is 10.2. The van der Waals surface area contributed by atoms with Crippen LogP contribution in [-0.2, 0) is 6.61 Å². The molecule has 1 atom stereocenters. The third kappa shape index (κ3) is 3.69. The van der Waals surface area contributed by atoms with E-state index in [0.29, 0.717) is 16.3 Å². The van der Waals surface area contributed by atoms with Crippen LogP contribution in [0.3, 0.4) is 0 Å². The third-order valence-electron chi connectivity index (χ3n) is 2.71. The number of halogens is 2. The van der Waals surface area contributed by atoms with Crippen molar-refractivity contribution in [1.29, 1.82) is 0 Å². The van der Waals surface area contributed by atoms with Gasteiger partial charge in [-0.2, -0.15) is 0 Å². The van der Waals surface area contributed by atoms with E-state index in [9.17, 15) is 9.50 Å². The molecule has 1 N–H and O–H groups in total. The van der Waals surface area contributed by atoms with Crippen LogP contribution in [0.1, 0.15) is 24.2 Å². The second-order valence-electron chi connectivity index (χ2n) is 4.28. The summed E-state index contributed by atoms with van der Waals surface area (Å²) in [4.78, 5) is 0. The Balaban J connectivity index is 2.17. The molecule has 0 fully saturated rings. The van der Waals surface area contributed by atoms with Crippen molar-refractivity contribution in [2.75, 3.05) is 0 Å². The number of ether oxygens (including phenoxy) is 1. The molecule has 0 saturated carbocycles. The molecule has 0 saturated heterocycles. The van der Waals surface area contributed by atoms with E-state index in [-0.39, 0.29) is 6.61 Å². The number of benzene rings is 2. The summed E-state index contributed by atoms with van der Waals surface area (Å²) in [5.41, 5.74) is 1.44. The quantitative estimate of drug-likeness (QED) is 0.913. The summed E-state index contributed by atoms with van der Waals surface area (Å²) in [6.45, 7) is 1.88. The molecule has 0 aromatic heterocycles. The van der Waals surface area contributed by atoms with E-state index >= 15 is 0 Å². The SMILES string of the molecule is CC(O)c1ccc(F)cc1OCc1cccc(Cl)c1. The van der Waals surface area contributed by atoms with Crippen molar-refractivity contribution < 1.29 is 14.2 Å². The molecule has 4 heteroatoms. The van der Waals surface area contributed by atoms with E-state index in [1.54, 1.807) is 19.1 Å². The van der Waals surface area contributed by atoms with Gasteiger partial charge in [-0.25, -0.2) is 4.39 Å². The lowest BCUT2D eigenvalue weighted by Crippen LogP contribution is -2.01.